The molecule has 1 unspecified atom stereocenters. The summed E-state index contributed by atoms with van der Waals surface area (Å²) in [7, 11) is 0. The first kappa shape index (κ1) is 17.9. The number of imide groups is 1. The van der Waals surface area contributed by atoms with Gasteiger partial charge in [-0.05, 0) is 44.9 Å². The minimum atomic E-state index is -1.28. The molecule has 2 amide bonds. The highest BCUT2D eigenvalue weighted by atomic mass is 16.5. The van der Waals surface area contributed by atoms with Gasteiger partial charge in [0.05, 0.1) is 11.4 Å². The van der Waals surface area contributed by atoms with Crippen molar-refractivity contribution in [1.29, 1.82) is 0 Å². The van der Waals surface area contributed by atoms with Crippen LogP contribution in [-0.4, -0.2) is 52.4 Å². The Kier molecular flexibility index (Phi) is 4.82. The van der Waals surface area contributed by atoms with E-state index in [0.717, 1.165) is 0 Å². The second-order valence-electron chi connectivity index (χ2n) is 7.48. The molecule has 0 bridgehead atoms. The third-order valence-electron chi connectivity index (χ3n) is 5.49. The zero-order valence-electron chi connectivity index (χ0n) is 14.3. The van der Waals surface area contributed by atoms with E-state index in [2.05, 4.69) is 0 Å². The average Bonchev–Trinajstić information content (AvgIpc) is 3.02. The summed E-state index contributed by atoms with van der Waals surface area (Å²) in [6, 6.07) is 0. The maximum absolute atomic E-state index is 12.3. The van der Waals surface area contributed by atoms with Crippen LogP contribution in [0.4, 0.5) is 0 Å². The van der Waals surface area contributed by atoms with Gasteiger partial charge in [-0.15, -0.1) is 0 Å². The number of rotatable bonds is 4. The standard InChI is InChI=1S/C17H22BNO6/c1-17(24)9-8-13(20)18(17)25-16(23)12-4-2-11(3-5-12)10-19-14(21)6-7-15(19)22/h6-7,11-12,24H,2-5,8-10H2,1H3/t11-,12+,17?. The second-order valence-corrected chi connectivity index (χ2v) is 7.48. The fourth-order valence-electron chi connectivity index (χ4n) is 3.84. The van der Waals surface area contributed by atoms with Crippen molar-refractivity contribution in [2.24, 2.45) is 11.8 Å². The van der Waals surface area contributed by atoms with Crippen molar-refractivity contribution >= 4 is 30.4 Å². The van der Waals surface area contributed by atoms with Crippen molar-refractivity contribution in [3.63, 3.8) is 0 Å². The maximum atomic E-state index is 12.3. The average molecular weight is 347 g/mol. The van der Waals surface area contributed by atoms with Crippen molar-refractivity contribution in [3.05, 3.63) is 12.2 Å². The van der Waals surface area contributed by atoms with Crippen LogP contribution in [0.3, 0.4) is 0 Å². The first-order valence-corrected chi connectivity index (χ1v) is 8.77. The van der Waals surface area contributed by atoms with Gasteiger partial charge in [0.2, 0.25) is 0 Å². The molecule has 0 spiro atoms. The van der Waals surface area contributed by atoms with Crippen LogP contribution < -0.4 is 0 Å². The van der Waals surface area contributed by atoms with Gasteiger partial charge < -0.3 is 14.6 Å². The van der Waals surface area contributed by atoms with Gasteiger partial charge in [0, 0.05) is 25.1 Å². The normalized spacial score (nSPS) is 32.6. The van der Waals surface area contributed by atoms with E-state index in [-0.39, 0.29) is 35.8 Å². The monoisotopic (exact) mass is 347 g/mol. The Labute approximate surface area is 146 Å². The number of carbonyl (C=O) groups is 4. The molecule has 1 N–H and O–H groups in total. The Balaban J connectivity index is 1.49. The molecule has 0 radical (unpaired) electrons. The van der Waals surface area contributed by atoms with Gasteiger partial charge in [0.15, 0.2) is 0 Å². The molecule has 7 nitrogen and oxygen atoms in total. The quantitative estimate of drug-likeness (QED) is 0.585. The summed E-state index contributed by atoms with van der Waals surface area (Å²) in [6.45, 7) is 0.830. The number of amides is 2. The molecule has 1 atom stereocenters. The molecule has 0 aromatic rings. The fourth-order valence-corrected chi connectivity index (χ4v) is 3.84. The number of hydrogen-bond donors (Lipinski definition) is 1. The molecule has 134 valence electrons. The van der Waals surface area contributed by atoms with Crippen LogP contribution in [0, 0.1) is 11.8 Å². The lowest BCUT2D eigenvalue weighted by atomic mass is 9.54. The van der Waals surface area contributed by atoms with E-state index in [0.29, 0.717) is 38.6 Å². The second kappa shape index (κ2) is 6.75. The largest absolute Gasteiger partial charge is 0.525 e. The van der Waals surface area contributed by atoms with Crippen LogP contribution in [0.1, 0.15) is 45.4 Å². The van der Waals surface area contributed by atoms with Crippen molar-refractivity contribution in [2.45, 2.75) is 50.9 Å². The van der Waals surface area contributed by atoms with Crippen LogP contribution in [-0.2, 0) is 23.8 Å². The van der Waals surface area contributed by atoms with Crippen molar-refractivity contribution in [3.8, 4) is 0 Å². The van der Waals surface area contributed by atoms with Crippen molar-refractivity contribution in [1.82, 2.24) is 4.90 Å². The van der Waals surface area contributed by atoms with Gasteiger partial charge in [-0.2, -0.15) is 0 Å². The predicted molar refractivity (Wildman–Crippen MR) is 88.0 cm³/mol. The Morgan fingerprint density at radius 3 is 2.36 bits per heavy atom. The molecule has 1 saturated heterocycles. The summed E-state index contributed by atoms with van der Waals surface area (Å²) in [4.78, 5) is 48.6. The predicted octanol–water partition coefficient (Wildman–Crippen LogP) is 0.445. The molecule has 2 heterocycles. The number of nitrogens with zero attached hydrogens (tertiary/aromatic N) is 1. The van der Waals surface area contributed by atoms with Gasteiger partial charge in [-0.1, -0.05) is 0 Å². The first-order valence-electron chi connectivity index (χ1n) is 8.77. The molecule has 1 aliphatic carbocycles. The van der Waals surface area contributed by atoms with E-state index in [4.69, 9.17) is 4.65 Å². The maximum Gasteiger partial charge on any atom is 0.464 e. The lowest BCUT2D eigenvalue weighted by molar-refractivity contribution is -0.143. The minimum Gasteiger partial charge on any atom is -0.525 e. The highest BCUT2D eigenvalue weighted by molar-refractivity contribution is 6.89. The Bertz CT molecular complexity index is 617. The van der Waals surface area contributed by atoms with Gasteiger partial charge in [0.25, 0.3) is 17.8 Å². The summed E-state index contributed by atoms with van der Waals surface area (Å²) >= 11 is 0. The smallest absolute Gasteiger partial charge is 0.464 e. The van der Waals surface area contributed by atoms with Gasteiger partial charge in [-0.3, -0.25) is 19.3 Å². The molecule has 25 heavy (non-hydrogen) atoms. The summed E-state index contributed by atoms with van der Waals surface area (Å²) in [5.41, 5.74) is -1.52. The summed E-state index contributed by atoms with van der Waals surface area (Å²) < 4.78 is 5.31. The van der Waals surface area contributed by atoms with E-state index in [9.17, 15) is 24.3 Å². The van der Waals surface area contributed by atoms with Crippen LogP contribution in [0.25, 0.3) is 0 Å². The van der Waals surface area contributed by atoms with Crippen LogP contribution in [0.15, 0.2) is 12.2 Å². The molecule has 0 aromatic carbocycles. The zero-order chi connectivity index (χ0) is 18.2. The Hall–Kier alpha value is -1.96. The SMILES string of the molecule is CC1(O)CCC(=O)B1OC(=O)[C@H]1CC[C@@H](CN2C(=O)C=CC2=O)CC1. The van der Waals surface area contributed by atoms with Crippen LogP contribution in [0.2, 0.25) is 0 Å². The third-order valence-corrected chi connectivity index (χ3v) is 5.49. The third kappa shape index (κ3) is 3.68. The van der Waals surface area contributed by atoms with E-state index in [1.54, 1.807) is 0 Å². The summed E-state index contributed by atoms with van der Waals surface area (Å²) in [5, 5.41) is 10.1. The lowest BCUT2D eigenvalue weighted by Gasteiger charge is -2.30. The summed E-state index contributed by atoms with van der Waals surface area (Å²) in [5.74, 6) is -1.13. The lowest BCUT2D eigenvalue weighted by Crippen LogP contribution is -2.47. The van der Waals surface area contributed by atoms with E-state index in [1.807, 2.05) is 0 Å². The fraction of sp³-hybridized carbons (Fsp3) is 0.647. The Morgan fingerprint density at radius 1 is 1.24 bits per heavy atom. The molecule has 3 rings (SSSR count). The summed E-state index contributed by atoms with van der Waals surface area (Å²) in [6.07, 6.45) is 5.70. The van der Waals surface area contributed by atoms with Crippen molar-refractivity contribution in [2.75, 3.05) is 6.54 Å². The molecular formula is C17H22BNO6. The molecule has 1 saturated carbocycles. The minimum absolute atomic E-state index is 0.174. The van der Waals surface area contributed by atoms with E-state index >= 15 is 0 Å². The zero-order valence-corrected chi connectivity index (χ0v) is 14.3. The molecule has 8 heteroatoms. The Morgan fingerprint density at radius 2 is 1.84 bits per heavy atom. The highest BCUT2D eigenvalue weighted by Gasteiger charge is 2.52. The first-order chi connectivity index (χ1) is 11.8. The molecule has 0 aromatic heterocycles. The van der Waals surface area contributed by atoms with Crippen LogP contribution in [0.5, 0.6) is 0 Å². The molecule has 2 fully saturated rings. The van der Waals surface area contributed by atoms with E-state index in [1.165, 1.54) is 24.0 Å². The van der Waals surface area contributed by atoms with Gasteiger partial charge in [-0.25, -0.2) is 0 Å². The van der Waals surface area contributed by atoms with Gasteiger partial charge in [0.1, 0.15) is 5.68 Å². The number of hydrogen-bond acceptors (Lipinski definition) is 6. The number of aliphatic hydroxyl groups is 1. The van der Waals surface area contributed by atoms with E-state index < -0.39 is 18.4 Å². The molecule has 2 aliphatic heterocycles. The molecular weight excluding hydrogens is 325 g/mol. The topological polar surface area (TPSA) is 101 Å². The van der Waals surface area contributed by atoms with Crippen LogP contribution >= 0.6 is 0 Å². The highest BCUT2D eigenvalue weighted by Crippen LogP contribution is 2.33. The van der Waals surface area contributed by atoms with Gasteiger partial charge >= 0.3 is 6.92 Å². The molecule has 3 aliphatic rings. The number of carbonyl (C=O) groups excluding carboxylic acids is 4. The van der Waals surface area contributed by atoms with Crippen molar-refractivity contribution < 1.29 is 28.9 Å².